The van der Waals surface area contributed by atoms with Gasteiger partial charge in [0.05, 0.1) is 0 Å². The smallest absolute Gasteiger partial charge is 0.0208 e. The van der Waals surface area contributed by atoms with Crippen molar-refractivity contribution < 1.29 is 0 Å². The van der Waals surface area contributed by atoms with Gasteiger partial charge in [-0.2, -0.15) is 0 Å². The summed E-state index contributed by atoms with van der Waals surface area (Å²) < 4.78 is 1.19. The molecule has 3 saturated carbocycles. The molecule has 0 saturated heterocycles. The maximum Gasteiger partial charge on any atom is 0.0208 e. The fourth-order valence-electron chi connectivity index (χ4n) is 4.48. The standard InChI is InChI=1S/C15H18BrN/c16-12-3-1-2-9(6-12)8-17-15-13-10-4-5-11(7-10)14(13)15/h1-3,6,10-11,13-15,17H,4-5,7-8H2. The van der Waals surface area contributed by atoms with E-state index in [9.17, 15) is 0 Å². The highest BCUT2D eigenvalue weighted by molar-refractivity contribution is 9.10. The lowest BCUT2D eigenvalue weighted by Crippen LogP contribution is -2.22. The van der Waals surface area contributed by atoms with Gasteiger partial charge in [0.15, 0.2) is 0 Å². The van der Waals surface area contributed by atoms with Crippen LogP contribution in [0.5, 0.6) is 0 Å². The highest BCUT2D eigenvalue weighted by Crippen LogP contribution is 2.65. The van der Waals surface area contributed by atoms with E-state index in [1.807, 2.05) is 0 Å². The van der Waals surface area contributed by atoms with Gasteiger partial charge in [0.1, 0.15) is 0 Å². The number of nitrogens with one attached hydrogen (secondary N) is 1. The molecule has 1 aromatic carbocycles. The van der Waals surface area contributed by atoms with Crippen molar-refractivity contribution in [2.45, 2.75) is 31.8 Å². The van der Waals surface area contributed by atoms with Gasteiger partial charge in [-0.15, -0.1) is 0 Å². The maximum atomic E-state index is 3.78. The molecule has 4 rings (SSSR count). The van der Waals surface area contributed by atoms with E-state index in [0.29, 0.717) is 0 Å². The third-order valence-corrected chi connectivity index (χ3v) is 5.66. The quantitative estimate of drug-likeness (QED) is 0.898. The van der Waals surface area contributed by atoms with Crippen molar-refractivity contribution in [3.8, 4) is 0 Å². The van der Waals surface area contributed by atoms with E-state index in [0.717, 1.165) is 36.3 Å². The number of hydrogen-bond acceptors (Lipinski definition) is 1. The molecular weight excluding hydrogens is 274 g/mol. The molecule has 1 nitrogen and oxygen atoms in total. The van der Waals surface area contributed by atoms with E-state index in [2.05, 4.69) is 45.5 Å². The Morgan fingerprint density at radius 1 is 1.18 bits per heavy atom. The molecule has 2 bridgehead atoms. The van der Waals surface area contributed by atoms with Crippen LogP contribution in [0, 0.1) is 23.7 Å². The summed E-state index contributed by atoms with van der Waals surface area (Å²) in [4.78, 5) is 0. The summed E-state index contributed by atoms with van der Waals surface area (Å²) in [5, 5.41) is 3.78. The second kappa shape index (κ2) is 3.83. The molecule has 0 heterocycles. The van der Waals surface area contributed by atoms with E-state index in [4.69, 9.17) is 0 Å². The van der Waals surface area contributed by atoms with Gasteiger partial charge in [-0.05, 0) is 60.6 Å². The molecule has 0 aromatic heterocycles. The predicted octanol–water partition coefficient (Wildman–Crippen LogP) is 3.58. The first-order valence-corrected chi connectivity index (χ1v) is 7.60. The molecule has 17 heavy (non-hydrogen) atoms. The van der Waals surface area contributed by atoms with Crippen LogP contribution in [-0.4, -0.2) is 6.04 Å². The fourth-order valence-corrected chi connectivity index (χ4v) is 4.93. The normalized spacial score (nSPS) is 41.6. The molecule has 0 radical (unpaired) electrons. The Labute approximate surface area is 111 Å². The zero-order valence-corrected chi connectivity index (χ0v) is 11.5. The minimum Gasteiger partial charge on any atom is -0.309 e. The molecule has 4 unspecified atom stereocenters. The largest absolute Gasteiger partial charge is 0.309 e. The third kappa shape index (κ3) is 1.68. The van der Waals surface area contributed by atoms with Crippen LogP contribution in [0.25, 0.3) is 0 Å². The summed E-state index contributed by atoms with van der Waals surface area (Å²) in [6.07, 6.45) is 4.58. The summed E-state index contributed by atoms with van der Waals surface area (Å²) in [5.74, 6) is 4.23. The van der Waals surface area contributed by atoms with Crippen LogP contribution in [0.1, 0.15) is 24.8 Å². The second-order valence-electron chi connectivity index (χ2n) is 6.02. The van der Waals surface area contributed by atoms with E-state index >= 15 is 0 Å². The number of halogens is 1. The van der Waals surface area contributed by atoms with Gasteiger partial charge in [-0.25, -0.2) is 0 Å². The van der Waals surface area contributed by atoms with Crippen LogP contribution in [0.3, 0.4) is 0 Å². The minimum atomic E-state index is 0.847. The van der Waals surface area contributed by atoms with Gasteiger partial charge in [0.2, 0.25) is 0 Å². The third-order valence-electron chi connectivity index (χ3n) is 5.17. The van der Waals surface area contributed by atoms with E-state index in [-0.39, 0.29) is 0 Å². The van der Waals surface area contributed by atoms with E-state index in [1.54, 1.807) is 6.42 Å². The molecule has 3 aliphatic rings. The van der Waals surface area contributed by atoms with Crippen molar-refractivity contribution in [2.75, 3.05) is 0 Å². The lowest BCUT2D eigenvalue weighted by atomic mass is 10.0. The maximum absolute atomic E-state index is 3.78. The molecule has 0 aliphatic heterocycles. The Morgan fingerprint density at radius 2 is 1.94 bits per heavy atom. The average Bonchev–Trinajstić information content (AvgIpc) is 2.72. The number of rotatable bonds is 3. The monoisotopic (exact) mass is 291 g/mol. The molecule has 90 valence electrons. The Kier molecular flexibility index (Phi) is 2.38. The van der Waals surface area contributed by atoms with Crippen LogP contribution in [0.15, 0.2) is 28.7 Å². The minimum absolute atomic E-state index is 0.847. The van der Waals surface area contributed by atoms with Crippen LogP contribution >= 0.6 is 15.9 Å². The first-order valence-electron chi connectivity index (χ1n) is 6.81. The van der Waals surface area contributed by atoms with Gasteiger partial charge in [-0.1, -0.05) is 28.1 Å². The molecule has 1 aromatic rings. The van der Waals surface area contributed by atoms with Crippen LogP contribution in [-0.2, 0) is 6.54 Å². The summed E-state index contributed by atoms with van der Waals surface area (Å²) in [7, 11) is 0. The Bertz CT molecular complexity index is 428. The van der Waals surface area contributed by atoms with Gasteiger partial charge >= 0.3 is 0 Å². The molecule has 3 fully saturated rings. The van der Waals surface area contributed by atoms with Crippen LogP contribution in [0.2, 0.25) is 0 Å². The Hall–Kier alpha value is -0.340. The molecule has 3 aliphatic carbocycles. The predicted molar refractivity (Wildman–Crippen MR) is 72.6 cm³/mol. The van der Waals surface area contributed by atoms with E-state index < -0.39 is 0 Å². The Morgan fingerprint density at radius 3 is 2.65 bits per heavy atom. The van der Waals surface area contributed by atoms with Crippen LogP contribution < -0.4 is 5.32 Å². The highest BCUT2D eigenvalue weighted by atomic mass is 79.9. The number of fused-ring (bicyclic) bond motifs is 5. The second-order valence-corrected chi connectivity index (χ2v) is 6.94. The van der Waals surface area contributed by atoms with Crippen molar-refractivity contribution >= 4 is 15.9 Å². The topological polar surface area (TPSA) is 12.0 Å². The van der Waals surface area contributed by atoms with Crippen LogP contribution in [0.4, 0.5) is 0 Å². The average molecular weight is 292 g/mol. The number of benzene rings is 1. The lowest BCUT2D eigenvalue weighted by molar-refractivity contribution is 0.456. The SMILES string of the molecule is Brc1cccc(CNC2C3C4CCC(C4)C23)c1. The fraction of sp³-hybridized carbons (Fsp3) is 0.600. The van der Waals surface area contributed by atoms with Crippen molar-refractivity contribution in [3.63, 3.8) is 0 Å². The molecule has 1 N–H and O–H groups in total. The van der Waals surface area contributed by atoms with Crippen molar-refractivity contribution in [3.05, 3.63) is 34.3 Å². The number of hydrogen-bond donors (Lipinski definition) is 1. The van der Waals surface area contributed by atoms with Gasteiger partial charge in [0.25, 0.3) is 0 Å². The molecule has 0 spiro atoms. The summed E-state index contributed by atoms with van der Waals surface area (Å²) in [6, 6.07) is 9.50. The summed E-state index contributed by atoms with van der Waals surface area (Å²) >= 11 is 3.53. The van der Waals surface area contributed by atoms with Gasteiger partial charge < -0.3 is 5.32 Å². The van der Waals surface area contributed by atoms with Crippen molar-refractivity contribution in [1.29, 1.82) is 0 Å². The highest BCUT2D eigenvalue weighted by Gasteiger charge is 2.64. The first-order chi connectivity index (χ1) is 8.33. The van der Waals surface area contributed by atoms with Gasteiger partial charge in [0, 0.05) is 17.1 Å². The Balaban J connectivity index is 1.38. The molecule has 2 heteroatoms. The molecular formula is C15H18BrN. The molecule has 4 atom stereocenters. The molecule has 0 amide bonds. The lowest BCUT2D eigenvalue weighted by Gasteiger charge is -2.10. The first kappa shape index (κ1) is 10.6. The van der Waals surface area contributed by atoms with Gasteiger partial charge in [-0.3, -0.25) is 0 Å². The van der Waals surface area contributed by atoms with Crippen molar-refractivity contribution in [1.82, 2.24) is 5.32 Å². The zero-order valence-electron chi connectivity index (χ0n) is 9.90. The van der Waals surface area contributed by atoms with Crippen molar-refractivity contribution in [2.24, 2.45) is 23.7 Å². The zero-order chi connectivity index (χ0) is 11.4. The summed E-state index contributed by atoms with van der Waals surface area (Å²) in [6.45, 7) is 1.04. The summed E-state index contributed by atoms with van der Waals surface area (Å²) in [5.41, 5.74) is 1.40. The van der Waals surface area contributed by atoms with E-state index in [1.165, 1.54) is 22.9 Å².